The second-order valence-electron chi connectivity index (χ2n) is 2.92. The van der Waals surface area contributed by atoms with Gasteiger partial charge >= 0.3 is 0 Å². The molecule has 1 aromatic rings. The third-order valence-corrected chi connectivity index (χ3v) is 2.28. The van der Waals surface area contributed by atoms with Gasteiger partial charge in [-0.3, -0.25) is 5.01 Å². The maximum absolute atomic E-state index is 6.00. The highest BCUT2D eigenvalue weighted by Gasteiger charge is 2.15. The van der Waals surface area contributed by atoms with Crippen LogP contribution in [0.25, 0.3) is 0 Å². The molecular formula is C9H10ClN3. The van der Waals surface area contributed by atoms with E-state index < -0.39 is 0 Å². The lowest BCUT2D eigenvalue weighted by Gasteiger charge is -2.14. The van der Waals surface area contributed by atoms with Crippen LogP contribution in [0.2, 0.25) is 5.02 Å². The molecule has 0 fully saturated rings. The first-order chi connectivity index (χ1) is 6.27. The monoisotopic (exact) mass is 195 g/mol. The summed E-state index contributed by atoms with van der Waals surface area (Å²) >= 11 is 6.00. The van der Waals surface area contributed by atoms with E-state index in [0.717, 1.165) is 18.7 Å². The summed E-state index contributed by atoms with van der Waals surface area (Å²) in [5.41, 5.74) is 6.50. The van der Waals surface area contributed by atoms with Gasteiger partial charge < -0.3 is 5.73 Å². The number of rotatable bonds is 1. The first kappa shape index (κ1) is 8.38. The zero-order valence-electron chi connectivity index (χ0n) is 7.07. The molecule has 3 nitrogen and oxygen atoms in total. The first-order valence-electron chi connectivity index (χ1n) is 4.12. The smallest absolute Gasteiger partial charge is 0.122 e. The van der Waals surface area contributed by atoms with Crippen LogP contribution in [0.4, 0.5) is 5.69 Å². The average Bonchev–Trinajstić information content (AvgIpc) is 2.53. The number of hydrogen-bond donors (Lipinski definition) is 1. The lowest BCUT2D eigenvalue weighted by atomic mass is 10.3. The molecule has 1 heterocycles. The highest BCUT2D eigenvalue weighted by molar-refractivity contribution is 6.33. The summed E-state index contributed by atoms with van der Waals surface area (Å²) in [4.78, 5) is 0. The quantitative estimate of drug-likeness (QED) is 0.743. The predicted octanol–water partition coefficient (Wildman–Crippen LogP) is 1.82. The van der Waals surface area contributed by atoms with E-state index in [1.165, 1.54) is 0 Å². The molecule has 0 amide bonds. The van der Waals surface area contributed by atoms with E-state index in [9.17, 15) is 0 Å². The minimum Gasteiger partial charge on any atom is -0.386 e. The topological polar surface area (TPSA) is 41.6 Å². The molecule has 2 N–H and O–H groups in total. The number of benzene rings is 1. The number of nitrogens with two attached hydrogens (primary N) is 1. The molecule has 1 aliphatic heterocycles. The fourth-order valence-corrected chi connectivity index (χ4v) is 1.54. The number of para-hydroxylation sites is 1. The summed E-state index contributed by atoms with van der Waals surface area (Å²) in [6, 6.07) is 7.62. The first-order valence-corrected chi connectivity index (χ1v) is 4.50. The van der Waals surface area contributed by atoms with Crippen LogP contribution in [0.15, 0.2) is 29.4 Å². The second kappa shape index (κ2) is 3.26. The number of nitrogens with zero attached hydrogens (tertiary/aromatic N) is 2. The van der Waals surface area contributed by atoms with Crippen LogP contribution in [-0.2, 0) is 0 Å². The third-order valence-electron chi connectivity index (χ3n) is 1.96. The van der Waals surface area contributed by atoms with Gasteiger partial charge in [0, 0.05) is 13.0 Å². The van der Waals surface area contributed by atoms with Gasteiger partial charge in [0.2, 0.25) is 0 Å². The molecule has 4 heteroatoms. The Morgan fingerprint density at radius 2 is 2.15 bits per heavy atom. The lowest BCUT2D eigenvalue weighted by molar-refractivity contribution is 0.922. The van der Waals surface area contributed by atoms with E-state index >= 15 is 0 Å². The lowest BCUT2D eigenvalue weighted by Crippen LogP contribution is -2.11. The van der Waals surface area contributed by atoms with Gasteiger partial charge in [0.05, 0.1) is 10.7 Å². The van der Waals surface area contributed by atoms with Gasteiger partial charge in [0.15, 0.2) is 0 Å². The maximum atomic E-state index is 6.00. The van der Waals surface area contributed by atoms with Crippen molar-refractivity contribution in [3.63, 3.8) is 0 Å². The van der Waals surface area contributed by atoms with Gasteiger partial charge in [-0.2, -0.15) is 5.10 Å². The number of halogens is 1. The van der Waals surface area contributed by atoms with Crippen LogP contribution in [0.3, 0.4) is 0 Å². The number of anilines is 1. The Bertz CT molecular complexity index is 348. The number of amidine groups is 1. The zero-order chi connectivity index (χ0) is 9.26. The molecule has 0 aliphatic carbocycles. The summed E-state index contributed by atoms with van der Waals surface area (Å²) in [7, 11) is 0. The molecule has 0 bridgehead atoms. The zero-order valence-corrected chi connectivity index (χ0v) is 7.83. The van der Waals surface area contributed by atoms with Crippen molar-refractivity contribution in [2.75, 3.05) is 11.6 Å². The number of hydrazone groups is 1. The Morgan fingerprint density at radius 3 is 2.77 bits per heavy atom. The molecule has 1 aromatic carbocycles. The highest BCUT2D eigenvalue weighted by Crippen LogP contribution is 2.26. The van der Waals surface area contributed by atoms with Crippen LogP contribution in [0.5, 0.6) is 0 Å². The standard InChI is InChI=1S/C9H10ClN3/c10-7-3-1-2-4-8(7)13-6-5-9(11)12-13/h1-4H,5-6H2,(H2,11,12). The van der Waals surface area contributed by atoms with Gasteiger partial charge in [-0.1, -0.05) is 23.7 Å². The highest BCUT2D eigenvalue weighted by atomic mass is 35.5. The van der Waals surface area contributed by atoms with Gasteiger partial charge in [-0.25, -0.2) is 0 Å². The van der Waals surface area contributed by atoms with Crippen LogP contribution in [0.1, 0.15) is 6.42 Å². The molecule has 13 heavy (non-hydrogen) atoms. The van der Waals surface area contributed by atoms with Crippen LogP contribution in [-0.4, -0.2) is 12.4 Å². The third kappa shape index (κ3) is 1.60. The summed E-state index contributed by atoms with van der Waals surface area (Å²) in [6.07, 6.45) is 0.811. The van der Waals surface area contributed by atoms with Crippen molar-refractivity contribution >= 4 is 23.1 Å². The van der Waals surface area contributed by atoms with Gasteiger partial charge in [0.1, 0.15) is 5.84 Å². The SMILES string of the molecule is NC1=NN(c2ccccc2Cl)CC1. The summed E-state index contributed by atoms with van der Waals surface area (Å²) in [5.74, 6) is 0.667. The normalized spacial score (nSPS) is 16.1. The molecule has 1 aliphatic rings. The number of hydrogen-bond acceptors (Lipinski definition) is 3. The van der Waals surface area contributed by atoms with Gasteiger partial charge in [0.25, 0.3) is 0 Å². The fraction of sp³-hybridized carbons (Fsp3) is 0.222. The predicted molar refractivity (Wildman–Crippen MR) is 55.0 cm³/mol. The minimum atomic E-state index is 0.667. The second-order valence-corrected chi connectivity index (χ2v) is 3.32. The Balaban J connectivity index is 2.31. The molecule has 0 atom stereocenters. The molecule has 68 valence electrons. The van der Waals surface area contributed by atoms with Crippen LogP contribution < -0.4 is 10.7 Å². The van der Waals surface area contributed by atoms with Crippen molar-refractivity contribution in [1.82, 2.24) is 0 Å². The van der Waals surface area contributed by atoms with Gasteiger partial charge in [-0.15, -0.1) is 0 Å². The largest absolute Gasteiger partial charge is 0.386 e. The summed E-state index contributed by atoms with van der Waals surface area (Å²) in [6.45, 7) is 0.815. The van der Waals surface area contributed by atoms with Gasteiger partial charge in [-0.05, 0) is 12.1 Å². The fourth-order valence-electron chi connectivity index (χ4n) is 1.31. The van der Waals surface area contributed by atoms with Crippen molar-refractivity contribution < 1.29 is 0 Å². The Hall–Kier alpha value is -1.22. The molecule has 0 saturated heterocycles. The van der Waals surface area contributed by atoms with Crippen molar-refractivity contribution in [2.45, 2.75) is 6.42 Å². The summed E-state index contributed by atoms with van der Waals surface area (Å²) in [5, 5.41) is 6.70. The van der Waals surface area contributed by atoms with Crippen LogP contribution >= 0.6 is 11.6 Å². The van der Waals surface area contributed by atoms with E-state index in [0.29, 0.717) is 10.9 Å². The van der Waals surface area contributed by atoms with E-state index in [1.54, 1.807) is 0 Å². The molecule has 0 aromatic heterocycles. The van der Waals surface area contributed by atoms with Crippen molar-refractivity contribution in [2.24, 2.45) is 10.8 Å². The van der Waals surface area contributed by atoms with Crippen LogP contribution in [0, 0.1) is 0 Å². The van der Waals surface area contributed by atoms with E-state index in [-0.39, 0.29) is 0 Å². The molecule has 0 spiro atoms. The Kier molecular flexibility index (Phi) is 2.10. The van der Waals surface area contributed by atoms with Crippen molar-refractivity contribution in [3.8, 4) is 0 Å². The molecule has 0 unspecified atom stereocenters. The van der Waals surface area contributed by atoms with E-state index in [2.05, 4.69) is 5.10 Å². The Labute approximate surface area is 81.8 Å². The van der Waals surface area contributed by atoms with E-state index in [1.807, 2.05) is 29.3 Å². The minimum absolute atomic E-state index is 0.667. The average molecular weight is 196 g/mol. The molecule has 0 radical (unpaired) electrons. The Morgan fingerprint density at radius 1 is 1.38 bits per heavy atom. The van der Waals surface area contributed by atoms with Crippen molar-refractivity contribution in [1.29, 1.82) is 0 Å². The van der Waals surface area contributed by atoms with E-state index in [4.69, 9.17) is 17.3 Å². The molecule has 0 saturated carbocycles. The molecular weight excluding hydrogens is 186 g/mol. The van der Waals surface area contributed by atoms with Crippen molar-refractivity contribution in [3.05, 3.63) is 29.3 Å². The molecule has 2 rings (SSSR count). The summed E-state index contributed by atoms with van der Waals surface area (Å²) < 4.78 is 0. The maximum Gasteiger partial charge on any atom is 0.122 e.